The maximum Gasteiger partial charge on any atom is 0.337 e. The lowest BCUT2D eigenvalue weighted by Crippen LogP contribution is -2.29. The van der Waals surface area contributed by atoms with E-state index in [9.17, 15) is 14.9 Å². The number of dihydropyridines is 1. The summed E-state index contributed by atoms with van der Waals surface area (Å²) in [6, 6.07) is 22.7. The van der Waals surface area contributed by atoms with Crippen molar-refractivity contribution in [1.82, 2.24) is 5.32 Å². The van der Waals surface area contributed by atoms with E-state index in [0.717, 1.165) is 23.2 Å². The average Bonchev–Trinajstić information content (AvgIpc) is 3.46. The Bertz CT molecular complexity index is 1370. The van der Waals surface area contributed by atoms with Gasteiger partial charge in [-0.25, -0.2) is 4.79 Å². The van der Waals surface area contributed by atoms with E-state index in [4.69, 9.17) is 9.15 Å². The highest BCUT2D eigenvalue weighted by atomic mass is 32.2. The molecule has 8 heteroatoms. The highest BCUT2D eigenvalue weighted by molar-refractivity contribution is 8.03. The predicted molar refractivity (Wildman–Crippen MR) is 143 cm³/mol. The number of nitrogens with zero attached hydrogens (tertiary/aromatic N) is 1. The van der Waals surface area contributed by atoms with Crippen LogP contribution in [0.2, 0.25) is 0 Å². The molecule has 2 N–H and O–H groups in total. The number of thioether (sulfide) groups is 1. The number of anilines is 1. The van der Waals surface area contributed by atoms with Crippen LogP contribution in [-0.2, 0) is 27.4 Å². The van der Waals surface area contributed by atoms with Gasteiger partial charge in [0.1, 0.15) is 12.4 Å². The van der Waals surface area contributed by atoms with E-state index in [1.165, 1.54) is 18.0 Å². The summed E-state index contributed by atoms with van der Waals surface area (Å²) >= 11 is 1.21. The molecule has 1 atom stereocenters. The summed E-state index contributed by atoms with van der Waals surface area (Å²) in [5.74, 6) is -0.959. The van der Waals surface area contributed by atoms with Crippen LogP contribution in [0.5, 0.6) is 0 Å². The van der Waals surface area contributed by atoms with Gasteiger partial charge in [-0.2, -0.15) is 5.26 Å². The minimum absolute atomic E-state index is 0.0809. The minimum atomic E-state index is -0.754. The van der Waals surface area contributed by atoms with Gasteiger partial charge in [0.25, 0.3) is 0 Å². The summed E-state index contributed by atoms with van der Waals surface area (Å²) in [6.07, 6.45) is 2.30. The van der Waals surface area contributed by atoms with Crippen LogP contribution in [0.3, 0.4) is 0 Å². The largest absolute Gasteiger partial charge is 0.468 e. The normalized spacial score (nSPS) is 15.1. The van der Waals surface area contributed by atoms with Crippen LogP contribution in [0.1, 0.15) is 36.7 Å². The highest BCUT2D eigenvalue weighted by Crippen LogP contribution is 2.41. The number of rotatable bonds is 9. The number of esters is 1. The maximum atomic E-state index is 13.2. The molecule has 0 saturated carbocycles. The summed E-state index contributed by atoms with van der Waals surface area (Å²) in [6.45, 7) is 3.89. The molecule has 0 saturated heterocycles. The van der Waals surface area contributed by atoms with Crippen molar-refractivity contribution in [3.63, 3.8) is 0 Å². The lowest BCUT2D eigenvalue weighted by molar-refractivity contribution is -0.140. The smallest absolute Gasteiger partial charge is 0.337 e. The van der Waals surface area contributed by atoms with E-state index in [-0.39, 0.29) is 18.3 Å². The van der Waals surface area contributed by atoms with E-state index in [1.54, 1.807) is 19.1 Å². The zero-order valence-corrected chi connectivity index (χ0v) is 21.4. The number of carbonyl (C=O) groups excluding carboxylic acids is 2. The molecule has 0 aliphatic carbocycles. The molecule has 2 heterocycles. The van der Waals surface area contributed by atoms with Crippen molar-refractivity contribution in [3.05, 3.63) is 112 Å². The second kappa shape index (κ2) is 12.2. The van der Waals surface area contributed by atoms with E-state index < -0.39 is 11.9 Å². The monoisotopic (exact) mass is 513 g/mol. The molecular formula is C29H27N3O4S. The van der Waals surface area contributed by atoms with Gasteiger partial charge >= 0.3 is 5.97 Å². The Hall–Kier alpha value is -4.22. The summed E-state index contributed by atoms with van der Waals surface area (Å²) in [7, 11) is 0. The van der Waals surface area contributed by atoms with Crippen molar-refractivity contribution in [1.29, 1.82) is 5.26 Å². The third kappa shape index (κ3) is 6.13. The first kappa shape index (κ1) is 25.9. The number of hydrogen-bond donors (Lipinski definition) is 2. The van der Waals surface area contributed by atoms with Crippen LogP contribution >= 0.6 is 11.8 Å². The number of benzene rings is 2. The molecule has 0 bridgehead atoms. The number of nitriles is 1. The molecule has 1 aromatic heterocycles. The number of nitrogens with one attached hydrogen (secondary N) is 2. The Morgan fingerprint density at radius 3 is 2.57 bits per heavy atom. The first-order valence-corrected chi connectivity index (χ1v) is 12.9. The van der Waals surface area contributed by atoms with Gasteiger partial charge in [0.15, 0.2) is 0 Å². The van der Waals surface area contributed by atoms with Crippen LogP contribution in [-0.4, -0.2) is 17.6 Å². The number of allylic oxidation sites excluding steroid dienone is 2. The standard InChI is InChI=1S/C29H27N3O4S/c1-3-21-12-7-8-13-23(21)32-25(33)18-37-28-22(16-30)27(24-14-9-15-35-24)26(19(2)31-28)29(34)36-17-20-10-5-4-6-11-20/h4-15,27,31H,3,17-18H2,1-2H3,(H,32,33)/t27-/m0/s1. The van der Waals surface area contributed by atoms with Gasteiger partial charge in [0.2, 0.25) is 5.91 Å². The molecule has 37 heavy (non-hydrogen) atoms. The highest BCUT2D eigenvalue weighted by Gasteiger charge is 2.37. The minimum Gasteiger partial charge on any atom is -0.468 e. The van der Waals surface area contributed by atoms with Crippen molar-refractivity contribution in [2.75, 3.05) is 11.1 Å². The number of amides is 1. The zero-order chi connectivity index (χ0) is 26.2. The van der Waals surface area contributed by atoms with Crippen molar-refractivity contribution in [2.45, 2.75) is 32.8 Å². The molecule has 2 aromatic carbocycles. The molecule has 0 spiro atoms. The zero-order valence-electron chi connectivity index (χ0n) is 20.6. The van der Waals surface area contributed by atoms with Gasteiger partial charge in [0, 0.05) is 11.4 Å². The number of hydrogen-bond acceptors (Lipinski definition) is 7. The Morgan fingerprint density at radius 2 is 1.86 bits per heavy atom. The Balaban J connectivity index is 1.54. The third-order valence-electron chi connectivity index (χ3n) is 5.93. The van der Waals surface area contributed by atoms with E-state index in [1.807, 2.05) is 61.5 Å². The number of furan rings is 1. The fourth-order valence-electron chi connectivity index (χ4n) is 4.11. The first-order valence-electron chi connectivity index (χ1n) is 11.9. The molecule has 188 valence electrons. The van der Waals surface area contributed by atoms with Crippen LogP contribution in [0.25, 0.3) is 0 Å². The Morgan fingerprint density at radius 1 is 1.11 bits per heavy atom. The van der Waals surface area contributed by atoms with Crippen LogP contribution in [0, 0.1) is 11.3 Å². The molecule has 3 aromatic rings. The van der Waals surface area contributed by atoms with Crippen LogP contribution in [0.15, 0.2) is 99.3 Å². The molecule has 7 nitrogen and oxygen atoms in total. The molecule has 0 fully saturated rings. The molecule has 0 unspecified atom stereocenters. The second-order valence-corrected chi connectivity index (χ2v) is 9.36. The lowest BCUT2D eigenvalue weighted by Gasteiger charge is -2.28. The summed E-state index contributed by atoms with van der Waals surface area (Å²) in [4.78, 5) is 26.0. The number of carbonyl (C=O) groups is 2. The number of para-hydroxylation sites is 1. The fraction of sp³-hybridized carbons (Fsp3) is 0.207. The summed E-state index contributed by atoms with van der Waals surface area (Å²) in [5.41, 5.74) is 3.80. The average molecular weight is 514 g/mol. The lowest BCUT2D eigenvalue weighted by atomic mass is 9.86. The maximum absolute atomic E-state index is 13.2. The van der Waals surface area contributed by atoms with Crippen molar-refractivity contribution in [3.8, 4) is 6.07 Å². The van der Waals surface area contributed by atoms with E-state index in [0.29, 0.717) is 27.6 Å². The van der Waals surface area contributed by atoms with Gasteiger partial charge < -0.3 is 19.8 Å². The van der Waals surface area contributed by atoms with Crippen molar-refractivity contribution < 1.29 is 18.7 Å². The van der Waals surface area contributed by atoms with E-state index >= 15 is 0 Å². The SMILES string of the molecule is CCc1ccccc1NC(=O)CSC1=C(C#N)[C@@H](c2ccco2)C(C(=O)OCc2ccccc2)=C(C)N1. The third-order valence-corrected chi connectivity index (χ3v) is 6.94. The van der Waals surface area contributed by atoms with Gasteiger partial charge in [-0.3, -0.25) is 4.79 Å². The van der Waals surface area contributed by atoms with Crippen molar-refractivity contribution in [2.24, 2.45) is 0 Å². The molecular weight excluding hydrogens is 486 g/mol. The van der Waals surface area contributed by atoms with Crippen LogP contribution in [0.4, 0.5) is 5.69 Å². The quantitative estimate of drug-likeness (QED) is 0.356. The number of aryl methyl sites for hydroxylation is 1. The summed E-state index contributed by atoms with van der Waals surface area (Å²) in [5, 5.41) is 16.7. The topological polar surface area (TPSA) is 104 Å². The van der Waals surface area contributed by atoms with Gasteiger partial charge in [-0.15, -0.1) is 0 Å². The molecule has 0 radical (unpaired) electrons. The fourth-order valence-corrected chi connectivity index (χ4v) is 5.00. The van der Waals surface area contributed by atoms with Gasteiger partial charge in [-0.1, -0.05) is 67.2 Å². The summed E-state index contributed by atoms with van der Waals surface area (Å²) < 4.78 is 11.2. The molecule has 4 rings (SSSR count). The molecule has 1 aliphatic heterocycles. The Kier molecular flexibility index (Phi) is 8.49. The van der Waals surface area contributed by atoms with Gasteiger partial charge in [-0.05, 0) is 42.7 Å². The first-order chi connectivity index (χ1) is 18.0. The van der Waals surface area contributed by atoms with Crippen LogP contribution < -0.4 is 10.6 Å². The van der Waals surface area contributed by atoms with E-state index in [2.05, 4.69) is 16.7 Å². The predicted octanol–water partition coefficient (Wildman–Crippen LogP) is 5.65. The molecule has 1 aliphatic rings. The Labute approximate surface area is 220 Å². The molecule has 1 amide bonds. The van der Waals surface area contributed by atoms with Crippen molar-refractivity contribution >= 4 is 29.3 Å². The number of ether oxygens (including phenoxy) is 1. The second-order valence-electron chi connectivity index (χ2n) is 8.38. The van der Waals surface area contributed by atoms with Gasteiger partial charge in [0.05, 0.1) is 40.2 Å².